The molecule has 2 aliphatic rings. The fourth-order valence-electron chi connectivity index (χ4n) is 3.89. The van der Waals surface area contributed by atoms with Gasteiger partial charge in [0.2, 0.25) is 0 Å². The molecule has 1 atom stereocenters. The lowest BCUT2D eigenvalue weighted by Crippen LogP contribution is -2.43. The molecular weight excluding hydrogens is 314 g/mol. The van der Waals surface area contributed by atoms with E-state index < -0.39 is 0 Å². The number of carbonyl (C=O) groups is 1. The van der Waals surface area contributed by atoms with Gasteiger partial charge in [-0.25, -0.2) is 4.79 Å². The Balaban J connectivity index is 1.47. The Kier molecular flexibility index (Phi) is 4.42. The molecule has 4 rings (SSSR count). The average molecular weight is 339 g/mol. The summed E-state index contributed by atoms with van der Waals surface area (Å²) in [5.41, 5.74) is 2.28. The number of benzene rings is 1. The highest BCUT2D eigenvalue weighted by Gasteiger charge is 2.26. The molecule has 0 spiro atoms. The van der Waals surface area contributed by atoms with Crippen LogP contribution in [-0.2, 0) is 19.5 Å². The smallest absolute Gasteiger partial charge is 0.322 e. The number of hydrogen-bond acceptors (Lipinski definition) is 3. The summed E-state index contributed by atoms with van der Waals surface area (Å²) < 4.78 is 2.18. The second-order valence-electron chi connectivity index (χ2n) is 7.05. The van der Waals surface area contributed by atoms with Crippen molar-refractivity contribution in [1.82, 2.24) is 20.1 Å². The lowest BCUT2D eigenvalue weighted by Gasteiger charge is -2.32. The first-order chi connectivity index (χ1) is 12.2. The third-order valence-corrected chi connectivity index (χ3v) is 5.37. The van der Waals surface area contributed by atoms with Crippen LogP contribution in [0, 0.1) is 0 Å². The van der Waals surface area contributed by atoms with Gasteiger partial charge in [0.1, 0.15) is 5.82 Å². The van der Waals surface area contributed by atoms with Crippen LogP contribution in [0.4, 0.5) is 10.5 Å². The van der Waals surface area contributed by atoms with Gasteiger partial charge in [-0.15, -0.1) is 10.2 Å². The third-order valence-electron chi connectivity index (χ3n) is 5.37. The first-order valence-electron chi connectivity index (χ1n) is 9.29. The van der Waals surface area contributed by atoms with Crippen molar-refractivity contribution in [3.8, 4) is 0 Å². The average Bonchev–Trinajstić information content (AvgIpc) is 2.86. The second kappa shape index (κ2) is 6.86. The third kappa shape index (κ3) is 3.13. The molecule has 1 aromatic carbocycles. The topological polar surface area (TPSA) is 63.1 Å². The number of rotatable bonds is 2. The quantitative estimate of drug-likeness (QED) is 0.914. The van der Waals surface area contributed by atoms with E-state index in [9.17, 15) is 4.79 Å². The Morgan fingerprint density at radius 1 is 1.20 bits per heavy atom. The van der Waals surface area contributed by atoms with Crippen molar-refractivity contribution < 1.29 is 4.79 Å². The molecule has 2 amide bonds. The number of aromatic nitrogens is 3. The summed E-state index contributed by atoms with van der Waals surface area (Å²) in [6.07, 6.45) is 5.54. The predicted octanol–water partition coefficient (Wildman–Crippen LogP) is 3.23. The van der Waals surface area contributed by atoms with Gasteiger partial charge in [-0.1, -0.05) is 31.5 Å². The zero-order chi connectivity index (χ0) is 17.2. The summed E-state index contributed by atoms with van der Waals surface area (Å²) in [5.74, 6) is 2.41. The summed E-state index contributed by atoms with van der Waals surface area (Å²) in [4.78, 5) is 14.6. The SMILES string of the molecule is C[C@@H]1CCN(C(=O)NCc2nnc3n2CCCCC3)c2ccccc21. The van der Waals surface area contributed by atoms with Crippen LogP contribution < -0.4 is 10.2 Å². The van der Waals surface area contributed by atoms with E-state index >= 15 is 0 Å². The van der Waals surface area contributed by atoms with Gasteiger partial charge in [0.05, 0.1) is 6.54 Å². The maximum absolute atomic E-state index is 12.8. The van der Waals surface area contributed by atoms with Crippen LogP contribution >= 0.6 is 0 Å². The van der Waals surface area contributed by atoms with E-state index in [1.165, 1.54) is 18.4 Å². The maximum atomic E-state index is 12.8. The van der Waals surface area contributed by atoms with E-state index in [0.29, 0.717) is 12.5 Å². The fraction of sp³-hybridized carbons (Fsp3) is 0.526. The van der Waals surface area contributed by atoms with E-state index in [1.807, 2.05) is 23.1 Å². The van der Waals surface area contributed by atoms with Crippen molar-refractivity contribution >= 4 is 11.7 Å². The largest absolute Gasteiger partial charge is 0.330 e. The van der Waals surface area contributed by atoms with Crippen molar-refractivity contribution in [1.29, 1.82) is 0 Å². The molecule has 0 radical (unpaired) electrons. The molecule has 0 fully saturated rings. The maximum Gasteiger partial charge on any atom is 0.322 e. The highest BCUT2D eigenvalue weighted by atomic mass is 16.2. The number of urea groups is 1. The van der Waals surface area contributed by atoms with Gasteiger partial charge < -0.3 is 9.88 Å². The summed E-state index contributed by atoms with van der Waals surface area (Å²) in [6, 6.07) is 8.15. The molecule has 0 saturated heterocycles. The molecule has 6 heteroatoms. The Bertz CT molecular complexity index is 769. The minimum Gasteiger partial charge on any atom is -0.330 e. The van der Waals surface area contributed by atoms with E-state index in [4.69, 9.17) is 0 Å². The minimum atomic E-state index is -0.0506. The van der Waals surface area contributed by atoms with Gasteiger partial charge in [-0.3, -0.25) is 4.90 Å². The highest BCUT2D eigenvalue weighted by molar-refractivity contribution is 5.93. The fourth-order valence-corrected chi connectivity index (χ4v) is 3.89. The summed E-state index contributed by atoms with van der Waals surface area (Å²) >= 11 is 0. The first kappa shape index (κ1) is 16.1. The van der Waals surface area contributed by atoms with Crippen molar-refractivity contribution in [2.45, 2.75) is 58.0 Å². The van der Waals surface area contributed by atoms with Gasteiger partial charge in [0.25, 0.3) is 0 Å². The number of para-hydroxylation sites is 1. The van der Waals surface area contributed by atoms with Gasteiger partial charge >= 0.3 is 6.03 Å². The summed E-state index contributed by atoms with van der Waals surface area (Å²) in [5, 5.41) is 11.6. The van der Waals surface area contributed by atoms with E-state index in [2.05, 4.69) is 33.1 Å². The normalized spacial score (nSPS) is 19.7. The number of nitrogens with zero attached hydrogens (tertiary/aromatic N) is 4. The van der Waals surface area contributed by atoms with Crippen molar-refractivity contribution in [2.24, 2.45) is 0 Å². The molecule has 1 N–H and O–H groups in total. The molecular formula is C19H25N5O. The molecule has 2 aliphatic heterocycles. The number of carbonyl (C=O) groups excluding carboxylic acids is 1. The van der Waals surface area contributed by atoms with Crippen LogP contribution in [-0.4, -0.2) is 27.3 Å². The molecule has 2 aromatic rings. The van der Waals surface area contributed by atoms with Crippen molar-refractivity contribution in [2.75, 3.05) is 11.4 Å². The number of amides is 2. The first-order valence-corrected chi connectivity index (χ1v) is 9.29. The molecule has 0 aliphatic carbocycles. The molecule has 0 saturated carbocycles. The van der Waals surface area contributed by atoms with Crippen molar-refractivity contribution in [3.63, 3.8) is 0 Å². The number of nitrogens with one attached hydrogen (secondary N) is 1. The molecule has 3 heterocycles. The Hall–Kier alpha value is -2.37. The van der Waals surface area contributed by atoms with Crippen LogP contribution in [0.25, 0.3) is 0 Å². The number of anilines is 1. The minimum absolute atomic E-state index is 0.0506. The van der Waals surface area contributed by atoms with E-state index in [0.717, 1.165) is 49.7 Å². The Morgan fingerprint density at radius 3 is 3.00 bits per heavy atom. The van der Waals surface area contributed by atoms with Gasteiger partial charge in [0.15, 0.2) is 5.82 Å². The number of fused-ring (bicyclic) bond motifs is 2. The molecule has 0 unspecified atom stereocenters. The molecule has 6 nitrogen and oxygen atoms in total. The second-order valence-corrected chi connectivity index (χ2v) is 7.05. The summed E-state index contributed by atoms with van der Waals surface area (Å²) in [7, 11) is 0. The van der Waals surface area contributed by atoms with Gasteiger partial charge in [-0.2, -0.15) is 0 Å². The van der Waals surface area contributed by atoms with Crippen LogP contribution in [0.3, 0.4) is 0 Å². The number of hydrogen-bond donors (Lipinski definition) is 1. The summed E-state index contributed by atoms with van der Waals surface area (Å²) in [6.45, 7) is 4.36. The van der Waals surface area contributed by atoms with E-state index in [1.54, 1.807) is 0 Å². The van der Waals surface area contributed by atoms with Gasteiger partial charge in [0, 0.05) is 25.2 Å². The zero-order valence-electron chi connectivity index (χ0n) is 14.7. The Labute approximate surface area is 148 Å². The lowest BCUT2D eigenvalue weighted by atomic mass is 9.92. The van der Waals surface area contributed by atoms with Crippen LogP contribution in [0.15, 0.2) is 24.3 Å². The molecule has 25 heavy (non-hydrogen) atoms. The monoisotopic (exact) mass is 339 g/mol. The van der Waals surface area contributed by atoms with Gasteiger partial charge in [-0.05, 0) is 36.8 Å². The zero-order valence-corrected chi connectivity index (χ0v) is 14.7. The Morgan fingerprint density at radius 2 is 2.08 bits per heavy atom. The standard InChI is InChI=1S/C19H25N5O/c1-14-10-12-23(16-8-5-4-7-15(14)16)19(25)20-13-18-22-21-17-9-3-2-6-11-24(17)18/h4-5,7-8,14H,2-3,6,9-13H2,1H3,(H,20,25)/t14-/m1/s1. The lowest BCUT2D eigenvalue weighted by molar-refractivity contribution is 0.244. The van der Waals surface area contributed by atoms with Crippen LogP contribution in [0.2, 0.25) is 0 Å². The number of aryl methyl sites for hydroxylation is 1. The van der Waals surface area contributed by atoms with Crippen LogP contribution in [0.5, 0.6) is 0 Å². The highest BCUT2D eigenvalue weighted by Crippen LogP contribution is 2.34. The van der Waals surface area contributed by atoms with Crippen molar-refractivity contribution in [3.05, 3.63) is 41.5 Å². The molecule has 0 bridgehead atoms. The molecule has 1 aromatic heterocycles. The molecule has 132 valence electrons. The van der Waals surface area contributed by atoms with E-state index in [-0.39, 0.29) is 6.03 Å². The van der Waals surface area contributed by atoms with Crippen LogP contribution in [0.1, 0.15) is 55.7 Å². The predicted molar refractivity (Wildman–Crippen MR) is 96.6 cm³/mol.